The molecular formula is C21H24N2O3. The molecule has 1 heterocycles. The molecule has 0 atom stereocenters. The molecule has 2 aromatic rings. The number of carbonyl (C=O) groups excluding carboxylic acids is 2. The van der Waals surface area contributed by atoms with E-state index in [4.69, 9.17) is 4.74 Å². The van der Waals surface area contributed by atoms with Gasteiger partial charge in [0, 0.05) is 17.8 Å². The summed E-state index contributed by atoms with van der Waals surface area (Å²) < 4.78 is 5.34. The van der Waals surface area contributed by atoms with E-state index in [2.05, 4.69) is 18.7 Å². The van der Waals surface area contributed by atoms with E-state index in [1.807, 2.05) is 24.3 Å². The molecule has 1 aliphatic rings. The summed E-state index contributed by atoms with van der Waals surface area (Å²) in [5.74, 6) is -0.338. The Balaban J connectivity index is 1.61. The van der Waals surface area contributed by atoms with Crippen molar-refractivity contribution in [2.24, 2.45) is 0 Å². The quantitative estimate of drug-likeness (QED) is 0.717. The molecule has 1 aliphatic heterocycles. The minimum absolute atomic E-state index is 0.00449. The SMILES string of the molecule is CCN(CC)CCOC(=O)c1ccc(N2Cc3ccccc3C2=O)cc1. The number of carbonyl (C=O) groups is 2. The average molecular weight is 352 g/mol. The third-order valence-corrected chi connectivity index (χ3v) is 4.77. The van der Waals surface area contributed by atoms with Crippen LogP contribution in [0.5, 0.6) is 0 Å². The molecule has 0 spiro atoms. The van der Waals surface area contributed by atoms with Gasteiger partial charge in [0.05, 0.1) is 12.1 Å². The molecule has 3 rings (SSSR count). The number of amides is 1. The lowest BCUT2D eigenvalue weighted by Gasteiger charge is -2.18. The van der Waals surface area contributed by atoms with Crippen molar-refractivity contribution in [3.8, 4) is 0 Å². The highest BCUT2D eigenvalue weighted by Crippen LogP contribution is 2.28. The first-order valence-electron chi connectivity index (χ1n) is 9.03. The maximum atomic E-state index is 12.5. The molecule has 0 saturated carbocycles. The van der Waals surface area contributed by atoms with E-state index < -0.39 is 0 Å². The third kappa shape index (κ3) is 3.78. The lowest BCUT2D eigenvalue weighted by molar-refractivity contribution is 0.0466. The van der Waals surface area contributed by atoms with Gasteiger partial charge >= 0.3 is 5.97 Å². The van der Waals surface area contributed by atoms with Crippen LogP contribution in [0.25, 0.3) is 0 Å². The van der Waals surface area contributed by atoms with Crippen LogP contribution < -0.4 is 4.90 Å². The highest BCUT2D eigenvalue weighted by molar-refractivity contribution is 6.10. The second-order valence-electron chi connectivity index (χ2n) is 6.26. The van der Waals surface area contributed by atoms with Gasteiger partial charge in [0.2, 0.25) is 0 Å². The topological polar surface area (TPSA) is 49.9 Å². The molecule has 136 valence electrons. The van der Waals surface area contributed by atoms with E-state index in [-0.39, 0.29) is 11.9 Å². The zero-order valence-corrected chi connectivity index (χ0v) is 15.3. The summed E-state index contributed by atoms with van der Waals surface area (Å²) in [6.07, 6.45) is 0. The normalized spacial score (nSPS) is 13.2. The first-order valence-corrected chi connectivity index (χ1v) is 9.03. The fourth-order valence-electron chi connectivity index (χ4n) is 3.13. The standard InChI is InChI=1S/C21H24N2O3/c1-3-22(4-2)13-14-26-21(25)16-9-11-18(12-10-16)23-15-17-7-5-6-8-19(17)20(23)24/h5-12H,3-4,13-15H2,1-2H3. The average Bonchev–Trinajstić information content (AvgIpc) is 3.02. The van der Waals surface area contributed by atoms with Crippen LogP contribution in [0.3, 0.4) is 0 Å². The minimum atomic E-state index is -0.334. The van der Waals surface area contributed by atoms with Crippen LogP contribution >= 0.6 is 0 Å². The minimum Gasteiger partial charge on any atom is -0.461 e. The summed E-state index contributed by atoms with van der Waals surface area (Å²) >= 11 is 0. The Kier molecular flexibility index (Phi) is 5.68. The summed E-state index contributed by atoms with van der Waals surface area (Å²) in [6, 6.07) is 14.6. The van der Waals surface area contributed by atoms with Gasteiger partial charge in [-0.25, -0.2) is 4.79 Å². The Morgan fingerprint density at radius 3 is 2.42 bits per heavy atom. The molecule has 5 heteroatoms. The molecule has 1 amide bonds. The molecule has 0 unspecified atom stereocenters. The van der Waals surface area contributed by atoms with Gasteiger partial charge in [0.15, 0.2) is 0 Å². The number of fused-ring (bicyclic) bond motifs is 1. The van der Waals surface area contributed by atoms with E-state index in [1.54, 1.807) is 29.2 Å². The Hall–Kier alpha value is -2.66. The summed E-state index contributed by atoms with van der Waals surface area (Å²) in [5.41, 5.74) is 3.05. The summed E-state index contributed by atoms with van der Waals surface area (Å²) in [6.45, 7) is 7.72. The fraction of sp³-hybridized carbons (Fsp3) is 0.333. The van der Waals surface area contributed by atoms with Crippen LogP contribution in [0.15, 0.2) is 48.5 Å². The van der Waals surface area contributed by atoms with Gasteiger partial charge in [-0.05, 0) is 49.0 Å². The number of nitrogens with zero attached hydrogens (tertiary/aromatic N) is 2. The largest absolute Gasteiger partial charge is 0.461 e. The first-order chi connectivity index (χ1) is 12.6. The van der Waals surface area contributed by atoms with Crippen molar-refractivity contribution in [3.63, 3.8) is 0 Å². The lowest BCUT2D eigenvalue weighted by Crippen LogP contribution is -2.28. The van der Waals surface area contributed by atoms with Crippen molar-refractivity contribution in [2.45, 2.75) is 20.4 Å². The first kappa shape index (κ1) is 18.1. The predicted molar refractivity (Wildman–Crippen MR) is 101 cm³/mol. The monoisotopic (exact) mass is 352 g/mol. The number of hydrogen-bond donors (Lipinski definition) is 0. The van der Waals surface area contributed by atoms with Crippen LogP contribution in [0.2, 0.25) is 0 Å². The molecule has 26 heavy (non-hydrogen) atoms. The van der Waals surface area contributed by atoms with Gasteiger partial charge in [-0.3, -0.25) is 4.79 Å². The maximum Gasteiger partial charge on any atom is 0.338 e. The van der Waals surface area contributed by atoms with E-state index in [1.165, 1.54) is 0 Å². The van der Waals surface area contributed by atoms with Crippen LogP contribution in [-0.2, 0) is 11.3 Å². The van der Waals surface area contributed by atoms with Crippen LogP contribution in [0.4, 0.5) is 5.69 Å². The van der Waals surface area contributed by atoms with Gasteiger partial charge in [0.1, 0.15) is 6.61 Å². The highest BCUT2D eigenvalue weighted by atomic mass is 16.5. The van der Waals surface area contributed by atoms with E-state index in [0.29, 0.717) is 18.7 Å². The van der Waals surface area contributed by atoms with Crippen molar-refractivity contribution in [3.05, 3.63) is 65.2 Å². The van der Waals surface area contributed by atoms with Gasteiger partial charge < -0.3 is 14.5 Å². The second-order valence-corrected chi connectivity index (χ2v) is 6.26. The number of ether oxygens (including phenoxy) is 1. The van der Waals surface area contributed by atoms with E-state index >= 15 is 0 Å². The predicted octanol–water partition coefficient (Wildman–Crippen LogP) is 3.35. The molecule has 0 saturated heterocycles. The van der Waals surface area contributed by atoms with Gasteiger partial charge in [-0.1, -0.05) is 32.0 Å². The van der Waals surface area contributed by atoms with Crippen molar-refractivity contribution in [1.82, 2.24) is 4.90 Å². The van der Waals surface area contributed by atoms with Crippen LogP contribution in [0, 0.1) is 0 Å². The third-order valence-electron chi connectivity index (χ3n) is 4.77. The zero-order chi connectivity index (χ0) is 18.5. The number of likely N-dealkylation sites (N-methyl/N-ethyl adjacent to an activating group) is 1. The number of esters is 1. The molecular weight excluding hydrogens is 328 g/mol. The maximum absolute atomic E-state index is 12.5. The molecule has 5 nitrogen and oxygen atoms in total. The summed E-state index contributed by atoms with van der Waals surface area (Å²) in [4.78, 5) is 28.6. The highest BCUT2D eigenvalue weighted by Gasteiger charge is 2.27. The molecule has 2 aromatic carbocycles. The Bertz CT molecular complexity index is 782. The Morgan fingerprint density at radius 2 is 1.77 bits per heavy atom. The molecule has 0 N–H and O–H groups in total. The Morgan fingerprint density at radius 1 is 1.08 bits per heavy atom. The van der Waals surface area contributed by atoms with Crippen LogP contribution in [-0.4, -0.2) is 43.0 Å². The smallest absolute Gasteiger partial charge is 0.338 e. The van der Waals surface area contributed by atoms with Crippen molar-refractivity contribution in [1.29, 1.82) is 0 Å². The molecule has 0 fully saturated rings. The van der Waals surface area contributed by atoms with Crippen molar-refractivity contribution in [2.75, 3.05) is 31.1 Å². The lowest BCUT2D eigenvalue weighted by atomic mass is 10.1. The number of benzene rings is 2. The second kappa shape index (κ2) is 8.15. The van der Waals surface area contributed by atoms with E-state index in [9.17, 15) is 9.59 Å². The molecule has 0 bridgehead atoms. The number of anilines is 1. The van der Waals surface area contributed by atoms with Gasteiger partial charge in [0.25, 0.3) is 5.91 Å². The molecule has 0 aliphatic carbocycles. The Labute approximate surface area is 154 Å². The van der Waals surface area contributed by atoms with Gasteiger partial charge in [-0.2, -0.15) is 0 Å². The molecule has 0 aromatic heterocycles. The fourth-order valence-corrected chi connectivity index (χ4v) is 3.13. The summed E-state index contributed by atoms with van der Waals surface area (Å²) in [7, 11) is 0. The van der Waals surface area contributed by atoms with Gasteiger partial charge in [-0.15, -0.1) is 0 Å². The van der Waals surface area contributed by atoms with Crippen molar-refractivity contribution >= 4 is 17.6 Å². The summed E-state index contributed by atoms with van der Waals surface area (Å²) in [5, 5.41) is 0. The van der Waals surface area contributed by atoms with E-state index in [0.717, 1.165) is 36.4 Å². The molecule has 0 radical (unpaired) electrons. The van der Waals surface area contributed by atoms with Crippen molar-refractivity contribution < 1.29 is 14.3 Å². The zero-order valence-electron chi connectivity index (χ0n) is 15.3. The number of rotatable bonds is 7. The number of hydrogen-bond acceptors (Lipinski definition) is 4. The van der Waals surface area contributed by atoms with Crippen LogP contribution in [0.1, 0.15) is 40.1 Å².